The summed E-state index contributed by atoms with van der Waals surface area (Å²) in [4.78, 5) is 26.7. The van der Waals surface area contributed by atoms with Gasteiger partial charge in [0.2, 0.25) is 11.8 Å². The first-order chi connectivity index (χ1) is 14.4. The zero-order valence-electron chi connectivity index (χ0n) is 16.9. The summed E-state index contributed by atoms with van der Waals surface area (Å²) in [6.07, 6.45) is 0. The molecule has 0 aliphatic rings. The van der Waals surface area contributed by atoms with Gasteiger partial charge in [0.25, 0.3) is 0 Å². The SMILES string of the molecule is C[C@@H](C(=O)Nc1ccccc1-c1ccccc1)N(C)CC(=O)Nc1cccc(F)c1. The van der Waals surface area contributed by atoms with Crippen LogP contribution in [-0.4, -0.2) is 36.3 Å². The van der Waals surface area contributed by atoms with Gasteiger partial charge in [-0.2, -0.15) is 0 Å². The summed E-state index contributed by atoms with van der Waals surface area (Å²) in [5, 5.41) is 5.59. The highest BCUT2D eigenvalue weighted by Gasteiger charge is 2.21. The summed E-state index contributed by atoms with van der Waals surface area (Å²) < 4.78 is 13.3. The molecule has 0 aliphatic carbocycles. The van der Waals surface area contributed by atoms with Crippen LogP contribution in [0.15, 0.2) is 78.9 Å². The number of nitrogens with one attached hydrogen (secondary N) is 2. The van der Waals surface area contributed by atoms with Gasteiger partial charge in [-0.3, -0.25) is 14.5 Å². The zero-order chi connectivity index (χ0) is 21.5. The number of rotatable bonds is 7. The number of benzene rings is 3. The Balaban J connectivity index is 1.62. The van der Waals surface area contributed by atoms with E-state index < -0.39 is 11.9 Å². The molecule has 1 atom stereocenters. The molecular formula is C24H24FN3O2. The van der Waals surface area contributed by atoms with Gasteiger partial charge in [0.05, 0.1) is 12.6 Å². The normalized spacial score (nSPS) is 11.7. The third kappa shape index (κ3) is 5.52. The van der Waals surface area contributed by atoms with E-state index in [2.05, 4.69) is 10.6 Å². The minimum Gasteiger partial charge on any atom is -0.325 e. The standard InChI is InChI=1S/C24H24FN3O2/c1-17(28(2)16-23(29)26-20-12-8-11-19(25)15-20)24(30)27-22-14-7-6-13-21(22)18-9-4-3-5-10-18/h3-15,17H,16H2,1-2H3,(H,26,29)(H,27,30)/t17-/m0/s1. The average Bonchev–Trinajstić information content (AvgIpc) is 2.74. The van der Waals surface area contributed by atoms with E-state index in [1.54, 1.807) is 24.9 Å². The van der Waals surface area contributed by atoms with Gasteiger partial charge in [0, 0.05) is 16.9 Å². The molecule has 0 spiro atoms. The minimum absolute atomic E-state index is 0.00850. The Kier molecular flexibility index (Phi) is 6.93. The van der Waals surface area contributed by atoms with E-state index in [1.165, 1.54) is 18.2 Å². The lowest BCUT2D eigenvalue weighted by atomic mass is 10.0. The van der Waals surface area contributed by atoms with Crippen LogP contribution in [0.2, 0.25) is 0 Å². The van der Waals surface area contributed by atoms with Crippen molar-refractivity contribution in [2.24, 2.45) is 0 Å². The molecule has 0 saturated heterocycles. The van der Waals surface area contributed by atoms with Gasteiger partial charge >= 0.3 is 0 Å². The summed E-state index contributed by atoms with van der Waals surface area (Å²) in [5.41, 5.74) is 3.01. The Bertz CT molecular complexity index is 1020. The topological polar surface area (TPSA) is 61.4 Å². The summed E-state index contributed by atoms with van der Waals surface area (Å²) >= 11 is 0. The first-order valence-corrected chi connectivity index (χ1v) is 9.65. The van der Waals surface area contributed by atoms with Gasteiger partial charge in [-0.1, -0.05) is 54.6 Å². The Labute approximate surface area is 175 Å². The fourth-order valence-corrected chi connectivity index (χ4v) is 3.03. The number of para-hydroxylation sites is 1. The van der Waals surface area contributed by atoms with E-state index in [1.807, 2.05) is 54.6 Å². The smallest absolute Gasteiger partial charge is 0.241 e. The third-order valence-corrected chi connectivity index (χ3v) is 4.81. The Hall–Kier alpha value is -3.51. The monoisotopic (exact) mass is 405 g/mol. The van der Waals surface area contributed by atoms with Crippen LogP contribution in [0.5, 0.6) is 0 Å². The maximum atomic E-state index is 13.3. The van der Waals surface area contributed by atoms with Crippen LogP contribution in [0.25, 0.3) is 11.1 Å². The van der Waals surface area contributed by atoms with Crippen LogP contribution in [0.1, 0.15) is 6.92 Å². The van der Waals surface area contributed by atoms with Crippen LogP contribution >= 0.6 is 0 Å². The summed E-state index contributed by atoms with van der Waals surface area (Å²) in [7, 11) is 1.69. The molecule has 3 aromatic carbocycles. The van der Waals surface area contributed by atoms with Crippen molar-refractivity contribution in [2.45, 2.75) is 13.0 Å². The van der Waals surface area contributed by atoms with Crippen molar-refractivity contribution >= 4 is 23.2 Å². The maximum Gasteiger partial charge on any atom is 0.241 e. The highest BCUT2D eigenvalue weighted by molar-refractivity contribution is 5.99. The van der Waals surface area contributed by atoms with Gasteiger partial charge in [-0.05, 0) is 43.8 Å². The number of likely N-dealkylation sites (N-methyl/N-ethyl adjacent to an activating group) is 1. The molecule has 154 valence electrons. The maximum absolute atomic E-state index is 13.3. The van der Waals surface area contributed by atoms with Gasteiger partial charge in [0.15, 0.2) is 0 Å². The molecule has 0 aliphatic heterocycles. The molecule has 2 N–H and O–H groups in total. The van der Waals surface area contributed by atoms with Crippen molar-refractivity contribution in [3.05, 3.63) is 84.7 Å². The zero-order valence-corrected chi connectivity index (χ0v) is 16.9. The molecule has 0 bridgehead atoms. The number of hydrogen-bond donors (Lipinski definition) is 2. The summed E-state index contributed by atoms with van der Waals surface area (Å²) in [6, 6.07) is 22.5. The van der Waals surface area contributed by atoms with Crippen LogP contribution in [0, 0.1) is 5.82 Å². The van der Waals surface area contributed by atoms with Crippen LogP contribution < -0.4 is 10.6 Å². The molecule has 0 saturated carbocycles. The molecule has 3 aromatic rings. The number of amides is 2. The van der Waals surface area contributed by atoms with Gasteiger partial charge in [0.1, 0.15) is 5.82 Å². The van der Waals surface area contributed by atoms with Crippen molar-refractivity contribution in [2.75, 3.05) is 24.2 Å². The number of halogens is 1. The Morgan fingerprint density at radius 3 is 2.37 bits per heavy atom. The second-order valence-corrected chi connectivity index (χ2v) is 7.05. The summed E-state index contributed by atoms with van der Waals surface area (Å²) in [6.45, 7) is 1.72. The van der Waals surface area contributed by atoms with E-state index in [9.17, 15) is 14.0 Å². The molecule has 5 nitrogen and oxygen atoms in total. The number of anilines is 2. The van der Waals surface area contributed by atoms with E-state index >= 15 is 0 Å². The van der Waals surface area contributed by atoms with Crippen molar-refractivity contribution in [1.29, 1.82) is 0 Å². The Morgan fingerprint density at radius 2 is 1.63 bits per heavy atom. The molecule has 0 fully saturated rings. The lowest BCUT2D eigenvalue weighted by molar-refractivity contribution is -0.122. The van der Waals surface area contributed by atoms with E-state index in [0.29, 0.717) is 11.4 Å². The predicted molar refractivity (Wildman–Crippen MR) is 118 cm³/mol. The fourth-order valence-electron chi connectivity index (χ4n) is 3.03. The first-order valence-electron chi connectivity index (χ1n) is 9.65. The largest absolute Gasteiger partial charge is 0.325 e. The van der Waals surface area contributed by atoms with Crippen LogP contribution in [-0.2, 0) is 9.59 Å². The first kappa shape index (κ1) is 21.2. The lowest BCUT2D eigenvalue weighted by Gasteiger charge is -2.24. The summed E-state index contributed by atoms with van der Waals surface area (Å²) in [5.74, 6) is -0.974. The van der Waals surface area contributed by atoms with Crippen LogP contribution in [0.4, 0.5) is 15.8 Å². The lowest BCUT2D eigenvalue weighted by Crippen LogP contribution is -2.43. The van der Waals surface area contributed by atoms with E-state index in [0.717, 1.165) is 11.1 Å². The number of carbonyl (C=O) groups excluding carboxylic acids is 2. The number of hydrogen-bond acceptors (Lipinski definition) is 3. The highest BCUT2D eigenvalue weighted by atomic mass is 19.1. The molecule has 0 aromatic heterocycles. The van der Waals surface area contributed by atoms with E-state index in [-0.39, 0.29) is 18.4 Å². The fraction of sp³-hybridized carbons (Fsp3) is 0.167. The number of nitrogens with zero attached hydrogens (tertiary/aromatic N) is 1. The van der Waals surface area contributed by atoms with Crippen molar-refractivity contribution in [1.82, 2.24) is 4.90 Å². The molecule has 2 amide bonds. The predicted octanol–water partition coefficient (Wildman–Crippen LogP) is 4.39. The van der Waals surface area contributed by atoms with Crippen LogP contribution in [0.3, 0.4) is 0 Å². The highest BCUT2D eigenvalue weighted by Crippen LogP contribution is 2.27. The quantitative estimate of drug-likeness (QED) is 0.613. The molecule has 3 rings (SSSR count). The molecule has 0 radical (unpaired) electrons. The molecule has 30 heavy (non-hydrogen) atoms. The minimum atomic E-state index is -0.549. The van der Waals surface area contributed by atoms with Gasteiger partial charge in [-0.15, -0.1) is 0 Å². The van der Waals surface area contributed by atoms with Crippen molar-refractivity contribution in [3.63, 3.8) is 0 Å². The molecular weight excluding hydrogens is 381 g/mol. The third-order valence-electron chi connectivity index (χ3n) is 4.81. The molecule has 6 heteroatoms. The molecule has 0 unspecified atom stereocenters. The Morgan fingerprint density at radius 1 is 0.933 bits per heavy atom. The van der Waals surface area contributed by atoms with Gasteiger partial charge < -0.3 is 10.6 Å². The second kappa shape index (κ2) is 9.80. The van der Waals surface area contributed by atoms with Gasteiger partial charge in [-0.25, -0.2) is 4.39 Å². The average molecular weight is 405 g/mol. The second-order valence-electron chi connectivity index (χ2n) is 7.05. The molecule has 0 heterocycles. The van der Waals surface area contributed by atoms with Crippen molar-refractivity contribution < 1.29 is 14.0 Å². The van der Waals surface area contributed by atoms with E-state index in [4.69, 9.17) is 0 Å². The number of carbonyl (C=O) groups is 2. The van der Waals surface area contributed by atoms with Crippen molar-refractivity contribution in [3.8, 4) is 11.1 Å².